The van der Waals surface area contributed by atoms with E-state index >= 15 is 0 Å². The second-order valence-corrected chi connectivity index (χ2v) is 9.47. The lowest BCUT2D eigenvalue weighted by molar-refractivity contribution is 0.299. The van der Waals surface area contributed by atoms with Crippen LogP contribution in [0.15, 0.2) is 42.6 Å². The first-order valence-electron chi connectivity index (χ1n) is 13.0. The summed E-state index contributed by atoms with van der Waals surface area (Å²) in [6.07, 6.45) is 19.7. The van der Waals surface area contributed by atoms with Gasteiger partial charge in [-0.25, -0.2) is 0 Å². The van der Waals surface area contributed by atoms with Gasteiger partial charge in [0.2, 0.25) is 0 Å². The number of unbranched alkanes of at least 4 members (excludes halogenated alkanes) is 6. The van der Waals surface area contributed by atoms with Crippen LogP contribution in [0.4, 0.5) is 0 Å². The van der Waals surface area contributed by atoms with Gasteiger partial charge >= 0.3 is 0 Å². The molecule has 1 aromatic carbocycles. The number of hydrogen-bond acceptors (Lipinski definition) is 2. The van der Waals surface area contributed by atoms with Crippen molar-refractivity contribution in [2.24, 2.45) is 5.92 Å². The Labute approximate surface area is 190 Å². The maximum Gasteiger partial charge on any atom is 0.119 e. The van der Waals surface area contributed by atoms with E-state index in [1.54, 1.807) is 0 Å². The maximum atomic E-state index is 5.78. The van der Waals surface area contributed by atoms with E-state index in [9.17, 15) is 0 Å². The van der Waals surface area contributed by atoms with E-state index in [1.807, 2.05) is 0 Å². The van der Waals surface area contributed by atoms with E-state index in [4.69, 9.17) is 9.72 Å². The molecule has 0 N–H and O–H groups in total. The fourth-order valence-corrected chi connectivity index (χ4v) is 4.86. The minimum atomic E-state index is 0.657. The third-order valence-corrected chi connectivity index (χ3v) is 6.97. The van der Waals surface area contributed by atoms with Gasteiger partial charge in [0.25, 0.3) is 0 Å². The summed E-state index contributed by atoms with van der Waals surface area (Å²) >= 11 is 0. The molecule has 0 unspecified atom stereocenters. The van der Waals surface area contributed by atoms with Crippen molar-refractivity contribution in [2.45, 2.75) is 103 Å². The van der Waals surface area contributed by atoms with Gasteiger partial charge in [0.1, 0.15) is 5.75 Å². The van der Waals surface area contributed by atoms with Crippen LogP contribution in [-0.4, -0.2) is 11.6 Å². The predicted molar refractivity (Wildman–Crippen MR) is 133 cm³/mol. The Bertz CT molecular complexity index is 713. The molecule has 0 aliphatic heterocycles. The number of pyridine rings is 1. The lowest BCUT2D eigenvalue weighted by Crippen LogP contribution is -2.14. The molecule has 0 spiro atoms. The van der Waals surface area contributed by atoms with E-state index in [1.165, 1.54) is 87.4 Å². The molecule has 2 nitrogen and oxygen atoms in total. The minimum Gasteiger partial charge on any atom is -0.494 e. The van der Waals surface area contributed by atoms with Crippen molar-refractivity contribution in [2.75, 3.05) is 6.61 Å². The third-order valence-electron chi connectivity index (χ3n) is 6.97. The molecule has 3 rings (SSSR count). The van der Waals surface area contributed by atoms with Crippen LogP contribution in [0.1, 0.15) is 109 Å². The van der Waals surface area contributed by atoms with E-state index in [0.29, 0.717) is 5.92 Å². The molecule has 2 heteroatoms. The van der Waals surface area contributed by atoms with Crippen molar-refractivity contribution in [1.29, 1.82) is 0 Å². The first-order valence-corrected chi connectivity index (χ1v) is 13.0. The Morgan fingerprint density at radius 1 is 0.742 bits per heavy atom. The molecule has 31 heavy (non-hydrogen) atoms. The van der Waals surface area contributed by atoms with E-state index < -0.39 is 0 Å². The second kappa shape index (κ2) is 13.6. The molecule has 2 aromatic rings. The van der Waals surface area contributed by atoms with Gasteiger partial charge in [-0.15, -0.1) is 0 Å². The van der Waals surface area contributed by atoms with Crippen LogP contribution >= 0.6 is 0 Å². The quantitative estimate of drug-likeness (QED) is 0.301. The lowest BCUT2D eigenvalue weighted by Gasteiger charge is -2.28. The van der Waals surface area contributed by atoms with E-state index in [-0.39, 0.29) is 0 Å². The average molecular weight is 422 g/mol. The Morgan fingerprint density at radius 2 is 1.42 bits per heavy atom. The smallest absolute Gasteiger partial charge is 0.119 e. The minimum absolute atomic E-state index is 0.657. The van der Waals surface area contributed by atoms with E-state index in [0.717, 1.165) is 31.1 Å². The molecule has 0 saturated heterocycles. The SMILES string of the molecule is CCCCCCCC[C@H]1CC[C@H](c2ccc(-c3ccc(OCCCC)cc3)cn2)CC1. The molecule has 0 radical (unpaired) electrons. The Hall–Kier alpha value is -1.83. The molecular weight excluding hydrogens is 378 g/mol. The van der Waals surface area contributed by atoms with Gasteiger partial charge in [0.15, 0.2) is 0 Å². The number of benzene rings is 1. The molecule has 1 aliphatic carbocycles. The molecule has 1 aromatic heterocycles. The van der Waals surface area contributed by atoms with Gasteiger partial charge in [0.05, 0.1) is 6.61 Å². The molecule has 1 fully saturated rings. The van der Waals surface area contributed by atoms with Crippen LogP contribution in [0, 0.1) is 5.92 Å². The Balaban J connectivity index is 1.41. The van der Waals surface area contributed by atoms with Crippen LogP contribution in [-0.2, 0) is 0 Å². The Morgan fingerprint density at radius 3 is 2.10 bits per heavy atom. The molecule has 1 heterocycles. The molecule has 1 saturated carbocycles. The summed E-state index contributed by atoms with van der Waals surface area (Å²) in [5.41, 5.74) is 3.70. The zero-order chi connectivity index (χ0) is 21.7. The standard InChI is InChI=1S/C29H43NO/c1-3-5-7-8-9-10-11-24-12-14-26(15-13-24)29-21-18-27(23-30-29)25-16-19-28(20-17-25)31-22-6-4-2/h16-21,23-24,26H,3-15,22H2,1-2H3/t24-,26-. The highest BCUT2D eigenvalue weighted by Gasteiger charge is 2.22. The normalized spacial score (nSPS) is 18.8. The summed E-state index contributed by atoms with van der Waals surface area (Å²) in [5.74, 6) is 2.57. The zero-order valence-electron chi connectivity index (χ0n) is 20.0. The molecule has 170 valence electrons. The molecule has 0 atom stereocenters. The first-order chi connectivity index (χ1) is 15.3. The van der Waals surface area contributed by atoms with Gasteiger partial charge in [-0.1, -0.05) is 83.4 Å². The monoisotopic (exact) mass is 421 g/mol. The highest BCUT2D eigenvalue weighted by molar-refractivity contribution is 5.63. The summed E-state index contributed by atoms with van der Waals surface area (Å²) in [6.45, 7) is 5.28. The summed E-state index contributed by atoms with van der Waals surface area (Å²) in [7, 11) is 0. The largest absolute Gasteiger partial charge is 0.494 e. The molecule has 0 bridgehead atoms. The highest BCUT2D eigenvalue weighted by Crippen LogP contribution is 2.37. The van der Waals surface area contributed by atoms with Crippen molar-refractivity contribution < 1.29 is 4.74 Å². The topological polar surface area (TPSA) is 22.1 Å². The molecular formula is C29H43NO. The van der Waals surface area contributed by atoms with Crippen molar-refractivity contribution in [3.63, 3.8) is 0 Å². The Kier molecular flexibility index (Phi) is 10.4. The molecule has 1 aliphatic rings. The van der Waals surface area contributed by atoms with Gasteiger partial charge in [-0.05, 0) is 61.8 Å². The summed E-state index contributed by atoms with van der Waals surface area (Å²) < 4.78 is 5.78. The van der Waals surface area contributed by atoms with Crippen molar-refractivity contribution in [1.82, 2.24) is 4.98 Å². The number of rotatable bonds is 13. The highest BCUT2D eigenvalue weighted by atomic mass is 16.5. The lowest BCUT2D eigenvalue weighted by atomic mass is 9.78. The second-order valence-electron chi connectivity index (χ2n) is 9.47. The average Bonchev–Trinajstić information content (AvgIpc) is 2.82. The maximum absolute atomic E-state index is 5.78. The fraction of sp³-hybridized carbons (Fsp3) is 0.621. The van der Waals surface area contributed by atoms with Gasteiger partial charge in [-0.3, -0.25) is 4.98 Å². The predicted octanol–water partition coefficient (Wildman–Crippen LogP) is 8.95. The summed E-state index contributed by atoms with van der Waals surface area (Å²) in [6, 6.07) is 12.9. The van der Waals surface area contributed by atoms with Crippen molar-refractivity contribution in [3.8, 4) is 16.9 Å². The van der Waals surface area contributed by atoms with Crippen molar-refractivity contribution >= 4 is 0 Å². The van der Waals surface area contributed by atoms with Crippen LogP contribution in [0.5, 0.6) is 5.75 Å². The van der Waals surface area contributed by atoms with Crippen LogP contribution < -0.4 is 4.74 Å². The summed E-state index contributed by atoms with van der Waals surface area (Å²) in [5, 5.41) is 0. The van der Waals surface area contributed by atoms with Crippen LogP contribution in [0.3, 0.4) is 0 Å². The van der Waals surface area contributed by atoms with Gasteiger partial charge < -0.3 is 4.74 Å². The number of hydrogen-bond donors (Lipinski definition) is 0. The first kappa shape index (κ1) is 23.8. The van der Waals surface area contributed by atoms with Crippen LogP contribution in [0.2, 0.25) is 0 Å². The zero-order valence-corrected chi connectivity index (χ0v) is 20.0. The van der Waals surface area contributed by atoms with E-state index in [2.05, 4.69) is 56.4 Å². The number of aromatic nitrogens is 1. The third kappa shape index (κ3) is 7.98. The van der Waals surface area contributed by atoms with Gasteiger partial charge in [-0.2, -0.15) is 0 Å². The van der Waals surface area contributed by atoms with Crippen LogP contribution in [0.25, 0.3) is 11.1 Å². The number of nitrogens with zero attached hydrogens (tertiary/aromatic N) is 1. The van der Waals surface area contributed by atoms with Crippen molar-refractivity contribution in [3.05, 3.63) is 48.3 Å². The van der Waals surface area contributed by atoms with Gasteiger partial charge in [0, 0.05) is 23.4 Å². The number of ether oxygens (including phenoxy) is 1. The summed E-state index contributed by atoms with van der Waals surface area (Å²) in [4.78, 5) is 4.86. The molecule has 0 amide bonds. The fourth-order valence-electron chi connectivity index (χ4n) is 4.86.